The minimum absolute atomic E-state index is 0.235. The molecule has 0 atom stereocenters. The van der Waals surface area contributed by atoms with Crippen LogP contribution in [0.4, 0.5) is 10.3 Å². The molecule has 0 fully saturated rings. The van der Waals surface area contributed by atoms with Crippen LogP contribution in [-0.4, -0.2) is 24.1 Å². The normalized spacial score (nSPS) is 10.4. The zero-order chi connectivity index (χ0) is 14.0. The molecule has 0 amide bonds. The highest BCUT2D eigenvalue weighted by Gasteiger charge is 2.16. The molecule has 0 aliphatic heterocycles. The van der Waals surface area contributed by atoms with Crippen molar-refractivity contribution in [3.63, 3.8) is 0 Å². The zero-order valence-corrected chi connectivity index (χ0v) is 11.4. The first-order chi connectivity index (χ1) is 9.08. The van der Waals surface area contributed by atoms with Gasteiger partial charge in [0.1, 0.15) is 11.4 Å². The molecule has 1 N–H and O–H groups in total. The average Bonchev–Trinajstić information content (AvgIpc) is 2.42. The van der Waals surface area contributed by atoms with E-state index in [0.29, 0.717) is 17.3 Å². The minimum Gasteiger partial charge on any atom is -0.496 e. The molecule has 0 saturated carbocycles. The molecule has 0 bridgehead atoms. The van der Waals surface area contributed by atoms with Crippen molar-refractivity contribution in [2.45, 2.75) is 13.8 Å². The van der Waals surface area contributed by atoms with Crippen molar-refractivity contribution in [3.05, 3.63) is 35.3 Å². The number of methoxy groups -OCH3 is 1. The summed E-state index contributed by atoms with van der Waals surface area (Å²) >= 11 is 0. The van der Waals surface area contributed by atoms with Gasteiger partial charge in [-0.25, -0.2) is 14.4 Å². The molecular formula is C14H16FN3O. The van der Waals surface area contributed by atoms with Gasteiger partial charge in [-0.15, -0.1) is 0 Å². The first-order valence-electron chi connectivity index (χ1n) is 5.93. The summed E-state index contributed by atoms with van der Waals surface area (Å²) in [6, 6.07) is 3.74. The maximum Gasteiger partial charge on any atom is 0.223 e. The molecule has 2 rings (SSSR count). The Morgan fingerprint density at radius 2 is 2.00 bits per heavy atom. The number of aromatic nitrogens is 2. The van der Waals surface area contributed by atoms with Crippen molar-refractivity contribution in [1.29, 1.82) is 0 Å². The lowest BCUT2D eigenvalue weighted by molar-refractivity contribution is 0.412. The summed E-state index contributed by atoms with van der Waals surface area (Å²) in [4.78, 5) is 8.00. The highest BCUT2D eigenvalue weighted by atomic mass is 19.1. The maximum absolute atomic E-state index is 13.9. The lowest BCUT2D eigenvalue weighted by Gasteiger charge is -2.13. The molecule has 0 spiro atoms. The average molecular weight is 261 g/mol. The lowest BCUT2D eigenvalue weighted by Crippen LogP contribution is -2.02. The number of nitrogens with zero attached hydrogens (tertiary/aromatic N) is 2. The van der Waals surface area contributed by atoms with Crippen molar-refractivity contribution in [1.82, 2.24) is 9.97 Å². The lowest BCUT2D eigenvalue weighted by atomic mass is 10.0. The van der Waals surface area contributed by atoms with Gasteiger partial charge in [-0.05, 0) is 31.0 Å². The quantitative estimate of drug-likeness (QED) is 0.922. The third-order valence-corrected chi connectivity index (χ3v) is 3.10. The van der Waals surface area contributed by atoms with Crippen molar-refractivity contribution < 1.29 is 9.13 Å². The Morgan fingerprint density at radius 3 is 2.63 bits per heavy atom. The summed E-state index contributed by atoms with van der Waals surface area (Å²) in [5, 5.41) is 2.80. The van der Waals surface area contributed by atoms with Crippen LogP contribution in [0.1, 0.15) is 11.1 Å². The number of hydrogen-bond acceptors (Lipinski definition) is 4. The van der Waals surface area contributed by atoms with E-state index in [1.807, 2.05) is 26.0 Å². The predicted molar refractivity (Wildman–Crippen MR) is 73.0 cm³/mol. The zero-order valence-electron chi connectivity index (χ0n) is 11.4. The van der Waals surface area contributed by atoms with Gasteiger partial charge in [0.25, 0.3) is 0 Å². The minimum atomic E-state index is -0.472. The summed E-state index contributed by atoms with van der Waals surface area (Å²) in [6.07, 6.45) is 1.16. The molecule has 19 heavy (non-hydrogen) atoms. The Hall–Kier alpha value is -2.17. The van der Waals surface area contributed by atoms with Crippen LogP contribution >= 0.6 is 0 Å². The number of benzene rings is 1. The molecule has 0 aliphatic carbocycles. The molecule has 100 valence electrons. The topological polar surface area (TPSA) is 47.0 Å². The van der Waals surface area contributed by atoms with Gasteiger partial charge in [0.2, 0.25) is 5.95 Å². The van der Waals surface area contributed by atoms with Crippen LogP contribution in [0.3, 0.4) is 0 Å². The largest absolute Gasteiger partial charge is 0.496 e. The molecule has 1 aromatic carbocycles. The number of aryl methyl sites for hydroxylation is 1. The molecule has 2 aromatic rings. The Morgan fingerprint density at radius 1 is 1.26 bits per heavy atom. The van der Waals surface area contributed by atoms with Crippen molar-refractivity contribution >= 4 is 5.95 Å². The molecular weight excluding hydrogens is 245 g/mol. The molecule has 0 unspecified atom stereocenters. The van der Waals surface area contributed by atoms with E-state index in [4.69, 9.17) is 4.74 Å². The number of rotatable bonds is 3. The van der Waals surface area contributed by atoms with Gasteiger partial charge in [-0.1, -0.05) is 6.07 Å². The first-order valence-corrected chi connectivity index (χ1v) is 5.93. The summed E-state index contributed by atoms with van der Waals surface area (Å²) in [5.74, 6) is 0.539. The summed E-state index contributed by atoms with van der Waals surface area (Å²) in [5.41, 5.74) is 2.93. The highest BCUT2D eigenvalue weighted by molar-refractivity contribution is 5.71. The van der Waals surface area contributed by atoms with Crippen LogP contribution in [0.5, 0.6) is 5.75 Å². The van der Waals surface area contributed by atoms with E-state index >= 15 is 0 Å². The number of hydrogen-bond donors (Lipinski definition) is 1. The van der Waals surface area contributed by atoms with Gasteiger partial charge in [0, 0.05) is 12.6 Å². The molecule has 1 heterocycles. The van der Waals surface area contributed by atoms with Crippen LogP contribution in [0.15, 0.2) is 18.3 Å². The fraction of sp³-hybridized carbons (Fsp3) is 0.286. The van der Waals surface area contributed by atoms with Crippen molar-refractivity contribution in [2.24, 2.45) is 0 Å². The van der Waals surface area contributed by atoms with Gasteiger partial charge in [0.05, 0.1) is 13.3 Å². The van der Waals surface area contributed by atoms with Gasteiger partial charge >= 0.3 is 0 Å². The summed E-state index contributed by atoms with van der Waals surface area (Å²) in [6.45, 7) is 3.92. The Balaban J connectivity index is 2.68. The molecule has 5 heteroatoms. The van der Waals surface area contributed by atoms with Gasteiger partial charge in [-0.2, -0.15) is 0 Å². The fourth-order valence-corrected chi connectivity index (χ4v) is 1.92. The molecule has 4 nitrogen and oxygen atoms in total. The number of halogens is 1. The van der Waals surface area contributed by atoms with Gasteiger partial charge in [0.15, 0.2) is 5.82 Å². The molecule has 0 radical (unpaired) electrons. The van der Waals surface area contributed by atoms with E-state index in [0.717, 1.165) is 17.3 Å². The summed E-state index contributed by atoms with van der Waals surface area (Å²) in [7, 11) is 3.26. The Bertz CT molecular complexity index is 614. The van der Waals surface area contributed by atoms with E-state index in [1.165, 1.54) is 0 Å². The van der Waals surface area contributed by atoms with Crippen molar-refractivity contribution in [3.8, 4) is 17.0 Å². The number of anilines is 1. The first kappa shape index (κ1) is 13.3. The standard InChI is InChI=1S/C14H16FN3O/c1-8-5-6-10(13(19-4)9(8)2)12-11(15)7-17-14(16-3)18-12/h5-7H,1-4H3,(H,16,17,18). The second-order valence-corrected chi connectivity index (χ2v) is 4.23. The maximum atomic E-state index is 13.9. The van der Waals surface area contributed by atoms with Crippen LogP contribution in [0.25, 0.3) is 11.3 Å². The highest BCUT2D eigenvalue weighted by Crippen LogP contribution is 2.34. The Kier molecular flexibility index (Phi) is 3.64. The van der Waals surface area contributed by atoms with Crippen LogP contribution in [0.2, 0.25) is 0 Å². The number of ether oxygens (including phenoxy) is 1. The van der Waals surface area contributed by atoms with Gasteiger partial charge < -0.3 is 10.1 Å². The van der Waals surface area contributed by atoms with Crippen molar-refractivity contribution in [2.75, 3.05) is 19.5 Å². The summed E-state index contributed by atoms with van der Waals surface area (Å²) < 4.78 is 19.3. The Labute approximate surface area is 111 Å². The third kappa shape index (κ3) is 2.36. The predicted octanol–water partition coefficient (Wildman–Crippen LogP) is 2.95. The van der Waals surface area contributed by atoms with Gasteiger partial charge in [-0.3, -0.25) is 0 Å². The van der Waals surface area contributed by atoms with E-state index < -0.39 is 5.82 Å². The van der Waals surface area contributed by atoms with Crippen LogP contribution in [-0.2, 0) is 0 Å². The van der Waals surface area contributed by atoms with Crippen LogP contribution in [0, 0.1) is 19.7 Å². The van der Waals surface area contributed by atoms with E-state index in [9.17, 15) is 4.39 Å². The van der Waals surface area contributed by atoms with E-state index in [1.54, 1.807) is 14.2 Å². The number of nitrogens with one attached hydrogen (secondary N) is 1. The van der Waals surface area contributed by atoms with Crippen LogP contribution < -0.4 is 10.1 Å². The molecule has 0 saturated heterocycles. The molecule has 1 aromatic heterocycles. The van der Waals surface area contributed by atoms with E-state index in [-0.39, 0.29) is 5.69 Å². The third-order valence-electron chi connectivity index (χ3n) is 3.10. The smallest absolute Gasteiger partial charge is 0.223 e. The fourth-order valence-electron chi connectivity index (χ4n) is 1.92. The molecule has 0 aliphatic rings. The monoisotopic (exact) mass is 261 g/mol. The second kappa shape index (κ2) is 5.22. The second-order valence-electron chi connectivity index (χ2n) is 4.23. The SMILES string of the molecule is CNc1ncc(F)c(-c2ccc(C)c(C)c2OC)n1. The van der Waals surface area contributed by atoms with E-state index in [2.05, 4.69) is 15.3 Å².